The predicted octanol–water partition coefficient (Wildman–Crippen LogP) is 1.66. The molecule has 0 aromatic carbocycles. The summed E-state index contributed by atoms with van der Waals surface area (Å²) in [7, 11) is 0. The second kappa shape index (κ2) is 7.06. The molecule has 0 radical (unpaired) electrons. The zero-order chi connectivity index (χ0) is 15.2. The summed E-state index contributed by atoms with van der Waals surface area (Å²) in [5.74, 6) is -1.05. The quantitative estimate of drug-likeness (QED) is 0.881. The average Bonchev–Trinajstić information content (AvgIpc) is 2.73. The molecule has 0 bridgehead atoms. The van der Waals surface area contributed by atoms with Crippen molar-refractivity contribution in [1.82, 2.24) is 10.3 Å². The number of aromatic nitrogens is 1. The molecule has 1 aliphatic rings. The maximum Gasteiger partial charge on any atom is 0.326 e. The molecule has 1 aromatic rings. The van der Waals surface area contributed by atoms with E-state index in [-0.39, 0.29) is 5.91 Å². The molecule has 114 valence electrons. The molecule has 6 heteroatoms. The van der Waals surface area contributed by atoms with Crippen LogP contribution in [0.3, 0.4) is 0 Å². The van der Waals surface area contributed by atoms with Crippen LogP contribution in [-0.4, -0.2) is 41.1 Å². The first-order valence-corrected chi connectivity index (χ1v) is 7.37. The number of hydrogen-bond donors (Lipinski definition) is 2. The number of amides is 1. The Labute approximate surface area is 124 Å². The van der Waals surface area contributed by atoms with Gasteiger partial charge in [0.25, 0.3) is 5.91 Å². The van der Waals surface area contributed by atoms with Crippen LogP contribution in [0, 0.1) is 0 Å². The van der Waals surface area contributed by atoms with E-state index < -0.39 is 12.0 Å². The first-order chi connectivity index (χ1) is 10.1. The van der Waals surface area contributed by atoms with E-state index >= 15 is 0 Å². The molecule has 1 fully saturated rings. The summed E-state index contributed by atoms with van der Waals surface area (Å²) in [6.45, 7) is 3.07. The Morgan fingerprint density at radius 3 is 2.95 bits per heavy atom. The monoisotopic (exact) mass is 291 g/mol. The number of hydrogen-bond acceptors (Lipinski definition) is 4. The minimum Gasteiger partial charge on any atom is -0.480 e. The molecular weight excluding hydrogens is 270 g/mol. The summed E-state index contributed by atoms with van der Waals surface area (Å²) in [6.07, 6.45) is 5.11. The summed E-state index contributed by atoms with van der Waals surface area (Å²) in [4.78, 5) is 29.3. The summed E-state index contributed by atoms with van der Waals surface area (Å²) in [5, 5.41) is 12.1. The van der Waals surface area contributed by atoms with Crippen molar-refractivity contribution in [1.29, 1.82) is 0 Å². The molecule has 21 heavy (non-hydrogen) atoms. The number of carboxylic acid groups (broad SMARTS) is 1. The van der Waals surface area contributed by atoms with E-state index in [1.54, 1.807) is 18.3 Å². The van der Waals surface area contributed by atoms with Crippen LogP contribution in [0.25, 0.3) is 0 Å². The lowest BCUT2D eigenvalue weighted by molar-refractivity contribution is -0.138. The van der Waals surface area contributed by atoms with Gasteiger partial charge >= 0.3 is 5.97 Å². The summed E-state index contributed by atoms with van der Waals surface area (Å²) in [6, 6.07) is 2.91. The molecule has 1 aliphatic heterocycles. The topological polar surface area (TPSA) is 82.5 Å². The first-order valence-electron chi connectivity index (χ1n) is 7.37. The molecule has 2 N–H and O–H groups in total. The van der Waals surface area contributed by atoms with E-state index in [9.17, 15) is 14.7 Å². The number of rotatable bonds is 4. The molecule has 6 nitrogen and oxygen atoms in total. The Balaban J connectivity index is 2.27. The van der Waals surface area contributed by atoms with Gasteiger partial charge in [-0.3, -0.25) is 9.78 Å². The fourth-order valence-electron chi connectivity index (χ4n) is 2.65. The fourth-order valence-corrected chi connectivity index (χ4v) is 2.65. The molecule has 0 saturated carbocycles. The maximum atomic E-state index is 11.9. The number of carboxylic acids is 1. The van der Waals surface area contributed by atoms with E-state index in [1.807, 2.05) is 11.8 Å². The summed E-state index contributed by atoms with van der Waals surface area (Å²) >= 11 is 0. The molecule has 1 amide bonds. The Bertz CT molecular complexity index is 519. The first kappa shape index (κ1) is 15.3. The molecule has 2 heterocycles. The number of nitrogens with one attached hydrogen (secondary N) is 1. The van der Waals surface area contributed by atoms with Gasteiger partial charge < -0.3 is 15.3 Å². The molecule has 1 saturated heterocycles. The van der Waals surface area contributed by atoms with Crippen molar-refractivity contribution >= 4 is 17.6 Å². The van der Waals surface area contributed by atoms with Crippen LogP contribution < -0.4 is 10.2 Å². The third kappa shape index (κ3) is 3.71. The van der Waals surface area contributed by atoms with Gasteiger partial charge in [-0.1, -0.05) is 12.8 Å². The lowest BCUT2D eigenvalue weighted by Gasteiger charge is -2.29. The highest BCUT2D eigenvalue weighted by atomic mass is 16.4. The average molecular weight is 291 g/mol. The highest BCUT2D eigenvalue weighted by Gasteiger charge is 2.27. The third-order valence-corrected chi connectivity index (χ3v) is 3.68. The Kier molecular flexibility index (Phi) is 5.14. The molecule has 1 aromatic heterocycles. The Morgan fingerprint density at radius 2 is 2.24 bits per heavy atom. The SMILES string of the molecule is CCNC(=O)c1cc(N2CCCCCC2C(=O)O)ccn1. The van der Waals surface area contributed by atoms with E-state index in [4.69, 9.17) is 0 Å². The van der Waals surface area contributed by atoms with Crippen molar-refractivity contribution in [2.75, 3.05) is 18.0 Å². The number of pyridine rings is 1. The van der Waals surface area contributed by atoms with Crippen molar-refractivity contribution in [3.8, 4) is 0 Å². The molecule has 0 aliphatic carbocycles. The van der Waals surface area contributed by atoms with Gasteiger partial charge in [0.05, 0.1) is 0 Å². The summed E-state index contributed by atoms with van der Waals surface area (Å²) in [5.41, 5.74) is 1.07. The smallest absolute Gasteiger partial charge is 0.326 e. The van der Waals surface area contributed by atoms with Gasteiger partial charge in [-0.25, -0.2) is 4.79 Å². The zero-order valence-electron chi connectivity index (χ0n) is 12.2. The van der Waals surface area contributed by atoms with Crippen LogP contribution in [0.2, 0.25) is 0 Å². The minimum absolute atomic E-state index is 0.235. The van der Waals surface area contributed by atoms with Crippen LogP contribution in [0.15, 0.2) is 18.3 Å². The van der Waals surface area contributed by atoms with Crippen molar-refractivity contribution < 1.29 is 14.7 Å². The highest BCUT2D eigenvalue weighted by molar-refractivity contribution is 5.93. The zero-order valence-corrected chi connectivity index (χ0v) is 12.2. The lowest BCUT2D eigenvalue weighted by atomic mass is 10.1. The van der Waals surface area contributed by atoms with Gasteiger partial charge in [0.1, 0.15) is 11.7 Å². The van der Waals surface area contributed by atoms with E-state index in [2.05, 4.69) is 10.3 Å². The van der Waals surface area contributed by atoms with Crippen LogP contribution in [0.4, 0.5) is 5.69 Å². The van der Waals surface area contributed by atoms with Gasteiger partial charge in [0, 0.05) is 25.0 Å². The van der Waals surface area contributed by atoms with Gasteiger partial charge in [-0.05, 0) is 31.9 Å². The lowest BCUT2D eigenvalue weighted by Crippen LogP contribution is -2.41. The van der Waals surface area contributed by atoms with E-state index in [1.165, 1.54) is 0 Å². The number of carbonyl (C=O) groups is 2. The van der Waals surface area contributed by atoms with Crippen molar-refractivity contribution in [3.05, 3.63) is 24.0 Å². The fraction of sp³-hybridized carbons (Fsp3) is 0.533. The molecular formula is C15H21N3O3. The van der Waals surface area contributed by atoms with Crippen molar-refractivity contribution in [2.45, 2.75) is 38.6 Å². The van der Waals surface area contributed by atoms with Crippen molar-refractivity contribution in [2.24, 2.45) is 0 Å². The molecule has 0 spiro atoms. The number of aliphatic carboxylic acids is 1. The van der Waals surface area contributed by atoms with Crippen LogP contribution in [-0.2, 0) is 4.79 Å². The van der Waals surface area contributed by atoms with E-state index in [0.717, 1.165) is 24.9 Å². The second-order valence-electron chi connectivity index (χ2n) is 5.16. The van der Waals surface area contributed by atoms with Crippen LogP contribution >= 0.6 is 0 Å². The molecule has 1 unspecified atom stereocenters. The van der Waals surface area contributed by atoms with E-state index in [0.29, 0.717) is 25.2 Å². The molecule has 1 atom stereocenters. The van der Waals surface area contributed by atoms with Gasteiger partial charge in [-0.15, -0.1) is 0 Å². The molecule has 2 rings (SSSR count). The predicted molar refractivity (Wildman–Crippen MR) is 79.5 cm³/mol. The standard InChI is InChI=1S/C15H21N3O3/c1-2-16-14(19)12-10-11(7-8-17-12)18-9-5-3-4-6-13(18)15(20)21/h7-8,10,13H,2-6,9H2,1H3,(H,16,19)(H,20,21). The third-order valence-electron chi connectivity index (χ3n) is 3.68. The Hall–Kier alpha value is -2.11. The minimum atomic E-state index is -0.812. The maximum absolute atomic E-state index is 11.9. The number of carbonyl (C=O) groups excluding carboxylic acids is 1. The summed E-state index contributed by atoms with van der Waals surface area (Å²) < 4.78 is 0. The van der Waals surface area contributed by atoms with Gasteiger partial charge in [0.2, 0.25) is 0 Å². The largest absolute Gasteiger partial charge is 0.480 e. The highest BCUT2D eigenvalue weighted by Crippen LogP contribution is 2.24. The van der Waals surface area contributed by atoms with Crippen molar-refractivity contribution in [3.63, 3.8) is 0 Å². The van der Waals surface area contributed by atoms with Crippen LogP contribution in [0.1, 0.15) is 43.1 Å². The second-order valence-corrected chi connectivity index (χ2v) is 5.16. The number of anilines is 1. The van der Waals surface area contributed by atoms with Gasteiger partial charge in [0.15, 0.2) is 0 Å². The Morgan fingerprint density at radius 1 is 1.43 bits per heavy atom. The normalized spacial score (nSPS) is 18.9. The van der Waals surface area contributed by atoms with Gasteiger partial charge in [-0.2, -0.15) is 0 Å². The van der Waals surface area contributed by atoms with Crippen LogP contribution in [0.5, 0.6) is 0 Å². The number of nitrogens with zero attached hydrogens (tertiary/aromatic N) is 2.